The SMILES string of the molecule is CCC1CCNC(C(O)c2c(C)oc3ccccc23)C1. The van der Waals surface area contributed by atoms with Gasteiger partial charge in [0.15, 0.2) is 0 Å². The number of aliphatic hydroxyl groups is 1. The van der Waals surface area contributed by atoms with Gasteiger partial charge in [0.25, 0.3) is 0 Å². The predicted octanol–water partition coefficient (Wildman–Crippen LogP) is 3.55. The normalized spacial score (nSPS) is 24.9. The predicted molar refractivity (Wildman–Crippen MR) is 80.7 cm³/mol. The van der Waals surface area contributed by atoms with Crippen LogP contribution in [0.25, 0.3) is 11.0 Å². The summed E-state index contributed by atoms with van der Waals surface area (Å²) in [5.74, 6) is 1.55. The molecule has 1 aromatic carbocycles. The van der Waals surface area contributed by atoms with Crippen LogP contribution in [0.15, 0.2) is 28.7 Å². The topological polar surface area (TPSA) is 45.4 Å². The van der Waals surface area contributed by atoms with Crippen LogP contribution in [-0.4, -0.2) is 17.7 Å². The van der Waals surface area contributed by atoms with E-state index in [0.717, 1.165) is 41.2 Å². The van der Waals surface area contributed by atoms with Crippen LogP contribution in [0.2, 0.25) is 0 Å². The van der Waals surface area contributed by atoms with Crippen molar-refractivity contribution in [3.63, 3.8) is 0 Å². The molecule has 0 aliphatic carbocycles. The van der Waals surface area contributed by atoms with E-state index < -0.39 is 6.10 Å². The molecule has 0 spiro atoms. The van der Waals surface area contributed by atoms with Gasteiger partial charge in [-0.3, -0.25) is 0 Å². The Morgan fingerprint density at radius 3 is 3.00 bits per heavy atom. The number of aliphatic hydroxyl groups excluding tert-OH is 1. The van der Waals surface area contributed by atoms with Crippen molar-refractivity contribution in [1.29, 1.82) is 0 Å². The van der Waals surface area contributed by atoms with Crippen LogP contribution in [0, 0.1) is 12.8 Å². The Bertz CT molecular complexity index is 590. The summed E-state index contributed by atoms with van der Waals surface area (Å²) in [5, 5.41) is 15.3. The maximum Gasteiger partial charge on any atom is 0.134 e. The Hall–Kier alpha value is -1.32. The fraction of sp³-hybridized carbons (Fsp3) is 0.529. The molecule has 1 saturated heterocycles. The highest BCUT2D eigenvalue weighted by molar-refractivity contribution is 5.82. The number of hydrogen-bond acceptors (Lipinski definition) is 3. The lowest BCUT2D eigenvalue weighted by molar-refractivity contribution is 0.0976. The summed E-state index contributed by atoms with van der Waals surface area (Å²) >= 11 is 0. The van der Waals surface area contributed by atoms with Crippen molar-refractivity contribution in [1.82, 2.24) is 5.32 Å². The molecule has 2 N–H and O–H groups in total. The molecule has 0 saturated carbocycles. The molecular weight excluding hydrogens is 250 g/mol. The molecule has 1 aromatic heterocycles. The molecule has 108 valence electrons. The van der Waals surface area contributed by atoms with E-state index in [-0.39, 0.29) is 6.04 Å². The number of fused-ring (bicyclic) bond motifs is 1. The monoisotopic (exact) mass is 273 g/mol. The summed E-state index contributed by atoms with van der Waals surface area (Å²) in [5.41, 5.74) is 1.82. The molecule has 3 atom stereocenters. The van der Waals surface area contributed by atoms with Crippen molar-refractivity contribution in [2.45, 2.75) is 45.3 Å². The van der Waals surface area contributed by atoms with E-state index in [2.05, 4.69) is 12.2 Å². The maximum absolute atomic E-state index is 10.8. The van der Waals surface area contributed by atoms with Gasteiger partial charge in [0.2, 0.25) is 0 Å². The minimum absolute atomic E-state index is 0.133. The Morgan fingerprint density at radius 1 is 1.40 bits per heavy atom. The van der Waals surface area contributed by atoms with E-state index in [1.807, 2.05) is 31.2 Å². The third kappa shape index (κ3) is 2.36. The van der Waals surface area contributed by atoms with Gasteiger partial charge in [-0.25, -0.2) is 0 Å². The molecule has 3 heteroatoms. The van der Waals surface area contributed by atoms with Crippen LogP contribution in [0.4, 0.5) is 0 Å². The van der Waals surface area contributed by atoms with Crippen LogP contribution in [0.5, 0.6) is 0 Å². The third-order valence-corrected chi connectivity index (χ3v) is 4.62. The van der Waals surface area contributed by atoms with Gasteiger partial charge in [-0.1, -0.05) is 31.5 Å². The van der Waals surface area contributed by atoms with E-state index >= 15 is 0 Å². The van der Waals surface area contributed by atoms with Crippen molar-refractivity contribution in [3.05, 3.63) is 35.6 Å². The molecule has 2 heterocycles. The first-order chi connectivity index (χ1) is 9.70. The quantitative estimate of drug-likeness (QED) is 0.899. The lowest BCUT2D eigenvalue weighted by Gasteiger charge is -2.33. The van der Waals surface area contributed by atoms with E-state index in [1.165, 1.54) is 12.8 Å². The van der Waals surface area contributed by atoms with Gasteiger partial charge in [0, 0.05) is 17.0 Å². The van der Waals surface area contributed by atoms with Crippen molar-refractivity contribution in [2.24, 2.45) is 5.92 Å². The zero-order chi connectivity index (χ0) is 14.1. The standard InChI is InChI=1S/C17H23NO2/c1-3-12-8-9-18-14(10-12)17(19)16-11(2)20-15-7-5-4-6-13(15)16/h4-7,12,14,17-19H,3,8-10H2,1-2H3. The van der Waals surface area contributed by atoms with Gasteiger partial charge >= 0.3 is 0 Å². The van der Waals surface area contributed by atoms with Crippen molar-refractivity contribution < 1.29 is 9.52 Å². The summed E-state index contributed by atoms with van der Waals surface area (Å²) in [6, 6.07) is 8.09. The van der Waals surface area contributed by atoms with Crippen LogP contribution in [-0.2, 0) is 0 Å². The molecule has 1 aliphatic rings. The number of benzene rings is 1. The minimum Gasteiger partial charge on any atom is -0.461 e. The molecule has 20 heavy (non-hydrogen) atoms. The van der Waals surface area contributed by atoms with Crippen LogP contribution in [0.3, 0.4) is 0 Å². The number of rotatable bonds is 3. The van der Waals surface area contributed by atoms with Crippen molar-refractivity contribution in [2.75, 3.05) is 6.54 Å². The summed E-state index contributed by atoms with van der Waals surface area (Å²) in [6.45, 7) is 5.17. The van der Waals surface area contributed by atoms with Gasteiger partial charge in [-0.15, -0.1) is 0 Å². The van der Waals surface area contributed by atoms with Crippen molar-refractivity contribution >= 4 is 11.0 Å². The van der Waals surface area contributed by atoms with E-state index in [1.54, 1.807) is 0 Å². The molecule has 3 unspecified atom stereocenters. The highest BCUT2D eigenvalue weighted by Crippen LogP contribution is 2.35. The highest BCUT2D eigenvalue weighted by Gasteiger charge is 2.30. The second-order valence-electron chi connectivity index (χ2n) is 5.87. The Morgan fingerprint density at radius 2 is 2.20 bits per heavy atom. The lowest BCUT2D eigenvalue weighted by Crippen LogP contribution is -2.42. The highest BCUT2D eigenvalue weighted by atomic mass is 16.3. The fourth-order valence-corrected chi connectivity index (χ4v) is 3.40. The van der Waals surface area contributed by atoms with E-state index in [4.69, 9.17) is 4.42 Å². The van der Waals surface area contributed by atoms with Gasteiger partial charge < -0.3 is 14.8 Å². The summed E-state index contributed by atoms with van der Waals surface area (Å²) in [7, 11) is 0. The molecule has 1 fully saturated rings. The molecule has 1 aliphatic heterocycles. The van der Waals surface area contributed by atoms with Crippen LogP contribution >= 0.6 is 0 Å². The second kappa shape index (κ2) is 5.58. The van der Waals surface area contributed by atoms with Gasteiger partial charge in [-0.2, -0.15) is 0 Å². The third-order valence-electron chi connectivity index (χ3n) is 4.62. The molecular formula is C17H23NO2. The molecule has 0 amide bonds. The molecule has 0 bridgehead atoms. The second-order valence-corrected chi connectivity index (χ2v) is 5.87. The average molecular weight is 273 g/mol. The number of aryl methyl sites for hydroxylation is 1. The summed E-state index contributed by atoms with van der Waals surface area (Å²) in [6.07, 6.45) is 2.95. The van der Waals surface area contributed by atoms with E-state index in [0.29, 0.717) is 0 Å². The Labute approximate surface area is 120 Å². The van der Waals surface area contributed by atoms with Gasteiger partial charge in [0.1, 0.15) is 11.3 Å². The van der Waals surface area contributed by atoms with Gasteiger partial charge in [-0.05, 0) is 38.3 Å². The fourth-order valence-electron chi connectivity index (χ4n) is 3.40. The molecule has 3 rings (SSSR count). The zero-order valence-electron chi connectivity index (χ0n) is 12.2. The Kier molecular flexibility index (Phi) is 3.81. The number of nitrogens with one attached hydrogen (secondary N) is 1. The van der Waals surface area contributed by atoms with E-state index in [9.17, 15) is 5.11 Å². The first kappa shape index (κ1) is 13.7. The lowest BCUT2D eigenvalue weighted by atomic mass is 9.85. The summed E-state index contributed by atoms with van der Waals surface area (Å²) < 4.78 is 5.78. The zero-order valence-corrected chi connectivity index (χ0v) is 12.2. The Balaban J connectivity index is 1.92. The smallest absolute Gasteiger partial charge is 0.134 e. The number of furan rings is 1. The summed E-state index contributed by atoms with van der Waals surface area (Å²) in [4.78, 5) is 0. The van der Waals surface area contributed by atoms with Crippen LogP contribution < -0.4 is 5.32 Å². The largest absolute Gasteiger partial charge is 0.461 e. The first-order valence-corrected chi connectivity index (χ1v) is 7.60. The molecule has 0 radical (unpaired) electrons. The number of para-hydroxylation sites is 1. The molecule has 3 nitrogen and oxygen atoms in total. The minimum atomic E-state index is -0.493. The van der Waals surface area contributed by atoms with Crippen molar-refractivity contribution in [3.8, 4) is 0 Å². The maximum atomic E-state index is 10.8. The molecule has 2 aromatic rings. The average Bonchev–Trinajstić information content (AvgIpc) is 2.82. The van der Waals surface area contributed by atoms with Gasteiger partial charge in [0.05, 0.1) is 6.10 Å². The number of piperidine rings is 1. The van der Waals surface area contributed by atoms with Crippen LogP contribution in [0.1, 0.15) is 43.6 Å². The first-order valence-electron chi connectivity index (χ1n) is 7.60. The number of hydrogen-bond donors (Lipinski definition) is 2.